The van der Waals surface area contributed by atoms with Gasteiger partial charge in [0.1, 0.15) is 5.54 Å². The SMILES string of the molecule is Cc1ccccc1NC1(C#N)CCc2ccccc2C1. The minimum absolute atomic E-state index is 0.486. The molecule has 0 spiro atoms. The number of para-hydroxylation sites is 1. The van der Waals surface area contributed by atoms with E-state index < -0.39 is 5.54 Å². The minimum Gasteiger partial charge on any atom is -0.367 e. The van der Waals surface area contributed by atoms with Gasteiger partial charge in [-0.15, -0.1) is 0 Å². The van der Waals surface area contributed by atoms with E-state index in [1.807, 2.05) is 12.1 Å². The summed E-state index contributed by atoms with van der Waals surface area (Å²) in [7, 11) is 0. The highest BCUT2D eigenvalue weighted by molar-refractivity contribution is 5.55. The van der Waals surface area contributed by atoms with Gasteiger partial charge in [-0.1, -0.05) is 42.5 Å². The fourth-order valence-electron chi connectivity index (χ4n) is 2.94. The summed E-state index contributed by atoms with van der Waals surface area (Å²) in [5.41, 5.74) is 4.43. The first-order chi connectivity index (χ1) is 9.72. The van der Waals surface area contributed by atoms with Crippen LogP contribution in [0.25, 0.3) is 0 Å². The number of nitrogens with one attached hydrogen (secondary N) is 1. The molecule has 2 nitrogen and oxygen atoms in total. The van der Waals surface area contributed by atoms with Gasteiger partial charge >= 0.3 is 0 Å². The fourth-order valence-corrected chi connectivity index (χ4v) is 2.94. The van der Waals surface area contributed by atoms with Crippen LogP contribution in [0.4, 0.5) is 5.69 Å². The van der Waals surface area contributed by atoms with E-state index in [2.05, 4.69) is 54.7 Å². The molecule has 0 aliphatic heterocycles. The van der Waals surface area contributed by atoms with Crippen molar-refractivity contribution in [2.24, 2.45) is 0 Å². The quantitative estimate of drug-likeness (QED) is 0.892. The number of hydrogen-bond donors (Lipinski definition) is 1. The van der Waals surface area contributed by atoms with Crippen molar-refractivity contribution in [3.8, 4) is 6.07 Å². The Bertz CT molecular complexity index is 669. The number of fused-ring (bicyclic) bond motifs is 1. The second kappa shape index (κ2) is 5.02. The molecule has 0 saturated heterocycles. The minimum atomic E-state index is -0.486. The lowest BCUT2D eigenvalue weighted by molar-refractivity contribution is 0.506. The number of benzene rings is 2. The van der Waals surface area contributed by atoms with E-state index in [0.717, 1.165) is 24.9 Å². The molecule has 1 aliphatic rings. The molecular weight excluding hydrogens is 244 g/mol. The molecule has 1 N–H and O–H groups in total. The molecule has 0 bridgehead atoms. The van der Waals surface area contributed by atoms with E-state index in [1.165, 1.54) is 16.7 Å². The molecular formula is C18H18N2. The molecule has 3 rings (SSSR count). The summed E-state index contributed by atoms with van der Waals surface area (Å²) in [6.07, 6.45) is 2.59. The normalized spacial score (nSPS) is 20.8. The zero-order valence-corrected chi connectivity index (χ0v) is 11.7. The molecule has 100 valence electrons. The molecule has 0 aromatic heterocycles. The lowest BCUT2D eigenvalue weighted by Crippen LogP contribution is -2.42. The lowest BCUT2D eigenvalue weighted by atomic mass is 9.78. The summed E-state index contributed by atoms with van der Waals surface area (Å²) >= 11 is 0. The monoisotopic (exact) mass is 262 g/mol. The Kier molecular flexibility index (Phi) is 3.20. The molecule has 0 fully saturated rings. The van der Waals surface area contributed by atoms with Gasteiger partial charge in [0.15, 0.2) is 0 Å². The van der Waals surface area contributed by atoms with E-state index in [1.54, 1.807) is 0 Å². The van der Waals surface area contributed by atoms with Gasteiger partial charge < -0.3 is 5.32 Å². The maximum Gasteiger partial charge on any atom is 0.129 e. The van der Waals surface area contributed by atoms with Crippen LogP contribution in [0.3, 0.4) is 0 Å². The maximum absolute atomic E-state index is 9.71. The first-order valence-corrected chi connectivity index (χ1v) is 7.04. The third-order valence-electron chi connectivity index (χ3n) is 4.16. The van der Waals surface area contributed by atoms with Crippen LogP contribution in [-0.2, 0) is 12.8 Å². The largest absolute Gasteiger partial charge is 0.367 e. The van der Waals surface area contributed by atoms with Crippen LogP contribution in [-0.4, -0.2) is 5.54 Å². The van der Waals surface area contributed by atoms with Gasteiger partial charge in [0, 0.05) is 12.1 Å². The van der Waals surface area contributed by atoms with E-state index >= 15 is 0 Å². The summed E-state index contributed by atoms with van der Waals surface area (Å²) in [5, 5.41) is 13.2. The smallest absolute Gasteiger partial charge is 0.129 e. The molecule has 0 heterocycles. The van der Waals surface area contributed by atoms with Gasteiger partial charge in [-0.25, -0.2) is 0 Å². The summed E-state index contributed by atoms with van der Waals surface area (Å²) in [6.45, 7) is 2.07. The van der Waals surface area contributed by atoms with Crippen LogP contribution in [0.15, 0.2) is 48.5 Å². The van der Waals surface area contributed by atoms with E-state index in [-0.39, 0.29) is 0 Å². The number of nitrogens with zero attached hydrogens (tertiary/aromatic N) is 1. The van der Waals surface area contributed by atoms with Crippen molar-refractivity contribution in [3.63, 3.8) is 0 Å². The molecule has 20 heavy (non-hydrogen) atoms. The standard InChI is InChI=1S/C18H18N2/c1-14-6-2-5-9-17(14)20-18(13-19)11-10-15-7-3-4-8-16(15)12-18/h2-9,20H,10-12H2,1H3. The van der Waals surface area contributed by atoms with Crippen LogP contribution < -0.4 is 5.32 Å². The van der Waals surface area contributed by atoms with Crippen LogP contribution in [0.5, 0.6) is 0 Å². The van der Waals surface area contributed by atoms with E-state index in [9.17, 15) is 5.26 Å². The number of rotatable bonds is 2. The average molecular weight is 262 g/mol. The highest BCUT2D eigenvalue weighted by Gasteiger charge is 2.34. The van der Waals surface area contributed by atoms with Gasteiger partial charge in [-0.2, -0.15) is 5.26 Å². The zero-order valence-electron chi connectivity index (χ0n) is 11.7. The predicted molar refractivity (Wildman–Crippen MR) is 81.6 cm³/mol. The second-order valence-corrected chi connectivity index (χ2v) is 5.58. The molecule has 0 amide bonds. The van der Waals surface area contributed by atoms with Crippen molar-refractivity contribution in [1.29, 1.82) is 5.26 Å². The van der Waals surface area contributed by atoms with Crippen LogP contribution >= 0.6 is 0 Å². The topological polar surface area (TPSA) is 35.8 Å². The van der Waals surface area contributed by atoms with E-state index in [4.69, 9.17) is 0 Å². The van der Waals surface area contributed by atoms with E-state index in [0.29, 0.717) is 0 Å². The highest BCUT2D eigenvalue weighted by Crippen LogP contribution is 2.32. The van der Waals surface area contributed by atoms with Gasteiger partial charge in [0.05, 0.1) is 6.07 Å². The Morgan fingerprint density at radius 3 is 2.50 bits per heavy atom. The first-order valence-electron chi connectivity index (χ1n) is 7.04. The van der Waals surface area contributed by atoms with Crippen molar-refractivity contribution in [1.82, 2.24) is 0 Å². The Balaban J connectivity index is 1.91. The average Bonchev–Trinajstić information content (AvgIpc) is 2.49. The van der Waals surface area contributed by atoms with Crippen molar-refractivity contribution >= 4 is 5.69 Å². The summed E-state index contributed by atoms with van der Waals surface area (Å²) in [6, 6.07) is 19.1. The van der Waals surface area contributed by atoms with Gasteiger partial charge in [0.2, 0.25) is 0 Å². The molecule has 1 unspecified atom stereocenters. The number of hydrogen-bond acceptors (Lipinski definition) is 2. The number of aryl methyl sites for hydroxylation is 2. The Hall–Kier alpha value is -2.27. The van der Waals surface area contributed by atoms with Gasteiger partial charge in [-0.05, 0) is 42.5 Å². The Labute approximate surface area is 120 Å². The molecule has 1 atom stereocenters. The summed E-state index contributed by atoms with van der Waals surface area (Å²) in [4.78, 5) is 0. The lowest BCUT2D eigenvalue weighted by Gasteiger charge is -2.34. The Morgan fingerprint density at radius 1 is 1.05 bits per heavy atom. The third-order valence-corrected chi connectivity index (χ3v) is 4.16. The van der Waals surface area contributed by atoms with Gasteiger partial charge in [-0.3, -0.25) is 0 Å². The zero-order chi connectivity index (χ0) is 14.0. The van der Waals surface area contributed by atoms with Crippen molar-refractivity contribution in [2.45, 2.75) is 31.7 Å². The Morgan fingerprint density at radius 2 is 1.75 bits per heavy atom. The summed E-state index contributed by atoms with van der Waals surface area (Å²) < 4.78 is 0. The molecule has 0 saturated carbocycles. The third kappa shape index (κ3) is 2.28. The molecule has 1 aliphatic carbocycles. The maximum atomic E-state index is 9.71. The number of anilines is 1. The van der Waals surface area contributed by atoms with Crippen molar-refractivity contribution in [2.75, 3.05) is 5.32 Å². The van der Waals surface area contributed by atoms with Crippen LogP contribution in [0.1, 0.15) is 23.1 Å². The van der Waals surface area contributed by atoms with Crippen molar-refractivity contribution in [3.05, 3.63) is 65.2 Å². The number of nitriles is 1. The van der Waals surface area contributed by atoms with Crippen LogP contribution in [0, 0.1) is 18.3 Å². The highest BCUT2D eigenvalue weighted by atomic mass is 15.0. The predicted octanol–water partition coefficient (Wildman–Crippen LogP) is 3.86. The first kappa shape index (κ1) is 12.7. The molecule has 0 radical (unpaired) electrons. The fraction of sp³-hybridized carbons (Fsp3) is 0.278. The van der Waals surface area contributed by atoms with Crippen molar-refractivity contribution < 1.29 is 0 Å². The molecule has 2 aromatic carbocycles. The van der Waals surface area contributed by atoms with Gasteiger partial charge in [0.25, 0.3) is 0 Å². The van der Waals surface area contributed by atoms with Crippen LogP contribution in [0.2, 0.25) is 0 Å². The summed E-state index contributed by atoms with van der Waals surface area (Å²) in [5.74, 6) is 0. The second-order valence-electron chi connectivity index (χ2n) is 5.58. The molecule has 2 heteroatoms. The molecule has 2 aromatic rings.